The quantitative estimate of drug-likeness (QED) is 0.890. The second-order valence-corrected chi connectivity index (χ2v) is 5.46. The number of halogens is 1. The Morgan fingerprint density at radius 2 is 2.41 bits per heavy atom. The number of nitrogens with one attached hydrogen (secondary N) is 1. The number of anilines is 1. The minimum atomic E-state index is 0. The number of hydrogen-bond acceptors (Lipinski definition) is 5. The van der Waals surface area contributed by atoms with Crippen molar-refractivity contribution in [2.24, 2.45) is 5.92 Å². The van der Waals surface area contributed by atoms with Gasteiger partial charge in [-0.1, -0.05) is 0 Å². The Kier molecular flexibility index (Phi) is 6.19. The van der Waals surface area contributed by atoms with Gasteiger partial charge < -0.3 is 15.0 Å². The van der Waals surface area contributed by atoms with Gasteiger partial charge >= 0.3 is 0 Å². The molecule has 0 amide bonds. The summed E-state index contributed by atoms with van der Waals surface area (Å²) < 4.78 is 5.34. The van der Waals surface area contributed by atoms with Gasteiger partial charge in [-0.3, -0.25) is 0 Å². The highest BCUT2D eigenvalue weighted by Crippen LogP contribution is 2.20. The van der Waals surface area contributed by atoms with E-state index in [1.807, 2.05) is 25.2 Å². The van der Waals surface area contributed by atoms with E-state index >= 15 is 0 Å². The van der Waals surface area contributed by atoms with E-state index in [9.17, 15) is 0 Å². The molecule has 1 unspecified atom stereocenters. The zero-order chi connectivity index (χ0) is 11.4. The fourth-order valence-electron chi connectivity index (χ4n) is 1.73. The van der Waals surface area contributed by atoms with Crippen LogP contribution in [0, 0.1) is 5.92 Å². The Labute approximate surface area is 113 Å². The van der Waals surface area contributed by atoms with E-state index in [4.69, 9.17) is 4.74 Å². The number of ether oxygens (including phenoxy) is 1. The maximum absolute atomic E-state index is 5.34. The zero-order valence-electron chi connectivity index (χ0n) is 10.3. The van der Waals surface area contributed by atoms with Crippen LogP contribution in [0.1, 0.15) is 11.3 Å². The molecule has 17 heavy (non-hydrogen) atoms. The number of hydrogen-bond donors (Lipinski definition) is 1. The van der Waals surface area contributed by atoms with E-state index in [1.165, 1.54) is 11.3 Å². The highest BCUT2D eigenvalue weighted by atomic mass is 35.5. The van der Waals surface area contributed by atoms with Crippen molar-refractivity contribution in [3.05, 3.63) is 11.1 Å². The molecule has 1 N–H and O–H groups in total. The third-order valence-corrected chi connectivity index (χ3v) is 3.85. The molecule has 1 aromatic rings. The SMILES string of the molecule is CN(C)c1ncc(CNCC2CCOC2)s1.Cl. The molecular weight excluding hydrogens is 258 g/mol. The minimum absolute atomic E-state index is 0. The van der Waals surface area contributed by atoms with Crippen molar-refractivity contribution in [3.8, 4) is 0 Å². The van der Waals surface area contributed by atoms with Crippen LogP contribution in [0.3, 0.4) is 0 Å². The molecule has 98 valence electrons. The van der Waals surface area contributed by atoms with Crippen molar-refractivity contribution >= 4 is 28.9 Å². The third kappa shape index (κ3) is 4.43. The second kappa shape index (κ2) is 7.16. The van der Waals surface area contributed by atoms with Gasteiger partial charge in [-0.25, -0.2) is 4.98 Å². The molecular formula is C11H20ClN3OS. The summed E-state index contributed by atoms with van der Waals surface area (Å²) in [6, 6.07) is 0. The van der Waals surface area contributed by atoms with Crippen molar-refractivity contribution in [3.63, 3.8) is 0 Å². The number of aromatic nitrogens is 1. The summed E-state index contributed by atoms with van der Waals surface area (Å²) in [7, 11) is 4.04. The first-order chi connectivity index (χ1) is 7.75. The van der Waals surface area contributed by atoms with Crippen LogP contribution in [0.4, 0.5) is 5.13 Å². The summed E-state index contributed by atoms with van der Waals surface area (Å²) in [5, 5.41) is 4.54. The van der Waals surface area contributed by atoms with E-state index in [2.05, 4.69) is 10.3 Å². The van der Waals surface area contributed by atoms with Gasteiger partial charge in [0, 0.05) is 44.9 Å². The average molecular weight is 278 g/mol. The van der Waals surface area contributed by atoms with E-state index in [0.29, 0.717) is 5.92 Å². The number of nitrogens with zero attached hydrogens (tertiary/aromatic N) is 2. The molecule has 1 aliphatic heterocycles. The van der Waals surface area contributed by atoms with Crippen molar-refractivity contribution in [1.29, 1.82) is 0 Å². The largest absolute Gasteiger partial charge is 0.381 e. The lowest BCUT2D eigenvalue weighted by molar-refractivity contribution is 0.185. The van der Waals surface area contributed by atoms with Crippen molar-refractivity contribution in [1.82, 2.24) is 10.3 Å². The molecule has 1 aliphatic rings. The summed E-state index contributed by atoms with van der Waals surface area (Å²) in [5.41, 5.74) is 0. The van der Waals surface area contributed by atoms with Gasteiger partial charge in [-0.15, -0.1) is 23.7 Å². The molecule has 0 aliphatic carbocycles. The van der Waals surface area contributed by atoms with E-state index in [-0.39, 0.29) is 12.4 Å². The Bertz CT molecular complexity index is 326. The molecule has 0 radical (unpaired) electrons. The monoisotopic (exact) mass is 277 g/mol. The first-order valence-corrected chi connectivity index (χ1v) is 6.48. The van der Waals surface area contributed by atoms with Gasteiger partial charge in [-0.05, 0) is 12.3 Å². The van der Waals surface area contributed by atoms with Crippen molar-refractivity contribution < 1.29 is 4.74 Å². The Morgan fingerprint density at radius 3 is 3.00 bits per heavy atom. The van der Waals surface area contributed by atoms with Gasteiger partial charge in [0.25, 0.3) is 0 Å². The normalized spacial score (nSPS) is 19.1. The van der Waals surface area contributed by atoms with Gasteiger partial charge in [0.15, 0.2) is 5.13 Å². The van der Waals surface area contributed by atoms with Crippen LogP contribution in [-0.2, 0) is 11.3 Å². The topological polar surface area (TPSA) is 37.4 Å². The molecule has 0 bridgehead atoms. The predicted octanol–water partition coefficient (Wildman–Crippen LogP) is 1.76. The summed E-state index contributed by atoms with van der Waals surface area (Å²) >= 11 is 1.74. The highest BCUT2D eigenvalue weighted by Gasteiger charge is 2.14. The van der Waals surface area contributed by atoms with Crippen LogP contribution >= 0.6 is 23.7 Å². The molecule has 0 aromatic carbocycles. The number of thiazole rings is 1. The zero-order valence-corrected chi connectivity index (χ0v) is 11.9. The first-order valence-electron chi connectivity index (χ1n) is 5.66. The van der Waals surface area contributed by atoms with Gasteiger partial charge in [-0.2, -0.15) is 0 Å². The van der Waals surface area contributed by atoms with Crippen LogP contribution in [0.15, 0.2) is 6.20 Å². The van der Waals surface area contributed by atoms with Crippen LogP contribution < -0.4 is 10.2 Å². The summed E-state index contributed by atoms with van der Waals surface area (Å²) in [5.74, 6) is 0.696. The maximum Gasteiger partial charge on any atom is 0.185 e. The molecule has 0 saturated carbocycles. The second-order valence-electron chi connectivity index (χ2n) is 4.36. The summed E-state index contributed by atoms with van der Waals surface area (Å²) in [6.45, 7) is 3.81. The van der Waals surface area contributed by atoms with Crippen LogP contribution in [0.25, 0.3) is 0 Å². The maximum atomic E-state index is 5.34. The molecule has 1 aromatic heterocycles. The Hall–Kier alpha value is -0.360. The molecule has 0 spiro atoms. The van der Waals surface area contributed by atoms with Crippen LogP contribution in [0.2, 0.25) is 0 Å². The molecule has 1 atom stereocenters. The van der Waals surface area contributed by atoms with Gasteiger partial charge in [0.2, 0.25) is 0 Å². The summed E-state index contributed by atoms with van der Waals surface area (Å²) in [6.07, 6.45) is 3.15. The van der Waals surface area contributed by atoms with Gasteiger partial charge in [0.1, 0.15) is 0 Å². The van der Waals surface area contributed by atoms with Crippen LogP contribution in [-0.4, -0.2) is 38.8 Å². The molecule has 6 heteroatoms. The Balaban J connectivity index is 0.00000144. The standard InChI is InChI=1S/C11H19N3OS.ClH/c1-14(2)11-13-7-10(16-11)6-12-5-9-3-4-15-8-9;/h7,9,12H,3-6,8H2,1-2H3;1H. The molecule has 2 rings (SSSR count). The molecule has 1 saturated heterocycles. The first kappa shape index (κ1) is 14.7. The van der Waals surface area contributed by atoms with E-state index in [1.54, 1.807) is 11.3 Å². The Morgan fingerprint density at radius 1 is 1.59 bits per heavy atom. The molecule has 4 nitrogen and oxygen atoms in total. The minimum Gasteiger partial charge on any atom is -0.381 e. The fraction of sp³-hybridized carbons (Fsp3) is 0.727. The van der Waals surface area contributed by atoms with Crippen molar-refractivity contribution in [2.45, 2.75) is 13.0 Å². The van der Waals surface area contributed by atoms with Gasteiger partial charge in [0.05, 0.1) is 6.61 Å². The third-order valence-electron chi connectivity index (χ3n) is 2.68. The summed E-state index contributed by atoms with van der Waals surface area (Å²) in [4.78, 5) is 7.68. The predicted molar refractivity (Wildman–Crippen MR) is 74.3 cm³/mol. The lowest BCUT2D eigenvalue weighted by Gasteiger charge is -2.08. The van der Waals surface area contributed by atoms with Crippen LogP contribution in [0.5, 0.6) is 0 Å². The lowest BCUT2D eigenvalue weighted by atomic mass is 10.1. The highest BCUT2D eigenvalue weighted by molar-refractivity contribution is 7.15. The van der Waals surface area contributed by atoms with E-state index < -0.39 is 0 Å². The van der Waals surface area contributed by atoms with Crippen molar-refractivity contribution in [2.75, 3.05) is 38.8 Å². The molecule has 1 fully saturated rings. The smallest absolute Gasteiger partial charge is 0.185 e. The fourth-order valence-corrected chi connectivity index (χ4v) is 2.53. The molecule has 2 heterocycles. The lowest BCUT2D eigenvalue weighted by Crippen LogP contribution is -2.22. The average Bonchev–Trinajstić information content (AvgIpc) is 2.87. The van der Waals surface area contributed by atoms with E-state index in [0.717, 1.165) is 31.4 Å². The number of rotatable bonds is 5.